The van der Waals surface area contributed by atoms with E-state index in [0.29, 0.717) is 46.0 Å². The van der Waals surface area contributed by atoms with Crippen LogP contribution in [-0.2, 0) is 95.3 Å². The van der Waals surface area contributed by atoms with Crippen LogP contribution in [0, 0.1) is 52.3 Å². The molecule has 11 aliphatic carbocycles. The molecule has 0 aromatic rings. The van der Waals surface area contributed by atoms with Crippen molar-refractivity contribution in [2.45, 2.75) is 425 Å². The summed E-state index contributed by atoms with van der Waals surface area (Å²) in [6.45, 7) is 41.5. The summed E-state index contributed by atoms with van der Waals surface area (Å²) in [5.74, 6) is 0.393. The third kappa shape index (κ3) is 27.7. The van der Waals surface area contributed by atoms with E-state index in [0.717, 1.165) is 282 Å². The quantitative estimate of drug-likeness (QED) is 0.0587. The maximum absolute atomic E-state index is 12.5. The van der Waals surface area contributed by atoms with Gasteiger partial charge in [-0.2, -0.15) is 0 Å². The summed E-state index contributed by atoms with van der Waals surface area (Å²) in [4.78, 5) is 119. The van der Waals surface area contributed by atoms with E-state index in [1.807, 2.05) is 41.5 Å². The van der Waals surface area contributed by atoms with Gasteiger partial charge in [0.15, 0.2) is 0 Å². The molecule has 0 heterocycles. The van der Waals surface area contributed by atoms with Gasteiger partial charge in [-0.15, -0.1) is 0 Å². The van der Waals surface area contributed by atoms with Crippen LogP contribution in [0.2, 0.25) is 0 Å². The van der Waals surface area contributed by atoms with Gasteiger partial charge < -0.3 is 47.4 Å². The van der Waals surface area contributed by atoms with Gasteiger partial charge in [0, 0.05) is 48.1 Å². The maximum atomic E-state index is 12.5. The van der Waals surface area contributed by atoms with Gasteiger partial charge in [-0.3, -0.25) is 24.0 Å². The molecule has 0 aromatic carbocycles. The van der Waals surface area contributed by atoms with E-state index in [-0.39, 0.29) is 124 Å². The summed E-state index contributed by atoms with van der Waals surface area (Å²) in [5.41, 5.74) is -0.787. The summed E-state index contributed by atoms with van der Waals surface area (Å²) in [7, 11) is 0. The van der Waals surface area contributed by atoms with Gasteiger partial charge in [0.2, 0.25) is 0 Å². The summed E-state index contributed by atoms with van der Waals surface area (Å²) in [6, 6.07) is 0. The molecule has 0 aromatic heterocycles. The highest BCUT2D eigenvalue weighted by molar-refractivity contribution is 5.89. The van der Waals surface area contributed by atoms with E-state index in [1.54, 1.807) is 27.7 Å². The first kappa shape index (κ1) is 95.5. The summed E-state index contributed by atoms with van der Waals surface area (Å²) >= 11 is 0. The molecule has 2 atom stereocenters. The topological polar surface area (TPSA) is 263 Å². The van der Waals surface area contributed by atoms with Crippen molar-refractivity contribution in [1.82, 2.24) is 0 Å². The number of ether oxygens (including phenoxy) is 10. The second-order valence-electron chi connectivity index (χ2n) is 38.6. The monoisotopic (exact) mass is 1610 g/mol. The standard InChI is InChI=1S/C23H36O4.C20H32O4.C19H30O4.C17H26O4.C16H24O4/c1-16(2)21(24)27-23(14-4-5-15-23)19-10-12-20(13-11-19)26-22(25)18-8-6-17(3)7-9-18;1-14(2)17(21)24-20(12-6-7-13-20)15-8-10-16(11-9-15)23-18(22)19(3,4)5;1-5-16(20)23-19(12-6-7-13-19)14-8-10-15(11-9-14)22-17(21)18(2,3)4;1-12(2)16(19)21-17(10-4-5-11-17)14-6-8-15(9-7-14)20-13(3)18;1-11(2)15(18)20-16(9-4-5-10-16)13-7-6-8-14(13)19-12(3)17/h17-20H,1,4-15H2,2-3H3;15-16H,1,6-13H2,2-5H3;5,14-15H,1,6-13H2,2-4H3;14-15H,1,4-11H2,2-3H3;13-14H,1,4-10H2,2-3H3. The molecule has 0 bridgehead atoms. The average Bonchev–Trinajstić information content (AvgIpc) is 1.67. The second kappa shape index (κ2) is 43.4. The summed E-state index contributed by atoms with van der Waals surface area (Å²) in [5, 5.41) is 0. The van der Waals surface area contributed by atoms with Crippen molar-refractivity contribution in [2.75, 3.05) is 0 Å². The van der Waals surface area contributed by atoms with Crippen molar-refractivity contribution in [3.63, 3.8) is 0 Å². The number of esters is 10. The Morgan fingerprint density at radius 2 is 0.583 bits per heavy atom. The van der Waals surface area contributed by atoms with Crippen LogP contribution >= 0.6 is 0 Å². The highest BCUT2D eigenvalue weighted by atomic mass is 16.6. The largest absolute Gasteiger partial charge is 0.463 e. The molecule has 11 aliphatic rings. The third-order valence-electron chi connectivity index (χ3n) is 27.2. The minimum Gasteiger partial charge on any atom is -0.463 e. The molecule has 20 heteroatoms. The van der Waals surface area contributed by atoms with Crippen molar-refractivity contribution in [3.8, 4) is 0 Å². The van der Waals surface area contributed by atoms with Gasteiger partial charge in [-0.25, -0.2) is 24.0 Å². The van der Waals surface area contributed by atoms with Gasteiger partial charge >= 0.3 is 59.7 Å². The first-order valence-electron chi connectivity index (χ1n) is 44.6. The normalized spacial score (nSPS) is 28.8. The van der Waals surface area contributed by atoms with Gasteiger partial charge in [-0.1, -0.05) is 39.8 Å². The van der Waals surface area contributed by atoms with Gasteiger partial charge in [0.05, 0.1) is 16.7 Å². The Morgan fingerprint density at radius 3 is 0.861 bits per heavy atom. The Morgan fingerprint density at radius 1 is 0.313 bits per heavy atom. The van der Waals surface area contributed by atoms with E-state index in [4.69, 9.17) is 47.4 Å². The van der Waals surface area contributed by atoms with Crippen molar-refractivity contribution < 1.29 is 95.3 Å². The van der Waals surface area contributed by atoms with Crippen molar-refractivity contribution in [2.24, 2.45) is 52.3 Å². The number of hydrogen-bond acceptors (Lipinski definition) is 20. The fourth-order valence-corrected chi connectivity index (χ4v) is 20.5. The zero-order chi connectivity index (χ0) is 84.7. The SMILES string of the molecule is C=C(C)C(=O)OC1(C2CCC(OC(=O)C(C)(C)C)CC2)CCCC1.C=C(C)C(=O)OC1(C2CCC(OC(=O)C3CCC(C)CC3)CC2)CCCC1.C=C(C)C(=O)OC1(C2CCC(OC(C)=O)CC2)CCCC1.C=C(C)C(=O)OC1(C2CCCC2OC(C)=O)CCCC1.C=CC(=O)OC1(C2CCC(OC(=O)C(C)(C)C)CC2)CCCC1. The smallest absolute Gasteiger partial charge is 0.333 e. The maximum Gasteiger partial charge on any atom is 0.333 e. The molecule has 11 saturated carbocycles. The van der Waals surface area contributed by atoms with Crippen LogP contribution < -0.4 is 0 Å². The van der Waals surface area contributed by atoms with E-state index in [9.17, 15) is 47.9 Å². The molecule has 0 amide bonds. The highest BCUT2D eigenvalue weighted by Crippen LogP contribution is 2.52. The Bertz CT molecular complexity index is 3310. The van der Waals surface area contributed by atoms with Crippen LogP contribution in [0.15, 0.2) is 61.3 Å². The van der Waals surface area contributed by atoms with Gasteiger partial charge in [0.25, 0.3) is 0 Å². The van der Waals surface area contributed by atoms with Crippen molar-refractivity contribution in [3.05, 3.63) is 61.3 Å². The number of rotatable bonds is 21. The molecule has 648 valence electrons. The molecular formula is C95H148O20. The number of carbonyl (C=O) groups excluding carboxylic acids is 10. The zero-order valence-electron chi connectivity index (χ0n) is 73.1. The third-order valence-corrected chi connectivity index (χ3v) is 27.2. The lowest BCUT2D eigenvalue weighted by Gasteiger charge is -2.41. The summed E-state index contributed by atoms with van der Waals surface area (Å²) < 4.78 is 57.3. The number of carbonyl (C=O) groups is 10. The molecule has 0 saturated heterocycles. The van der Waals surface area contributed by atoms with Crippen molar-refractivity contribution in [1.29, 1.82) is 0 Å². The van der Waals surface area contributed by atoms with E-state index < -0.39 is 16.4 Å². The summed E-state index contributed by atoms with van der Waals surface area (Å²) in [6.07, 6.45) is 43.4. The molecule has 0 spiro atoms. The molecule has 20 nitrogen and oxygen atoms in total. The van der Waals surface area contributed by atoms with Gasteiger partial charge in [0.1, 0.15) is 58.5 Å². The molecule has 11 rings (SSSR count). The predicted octanol–water partition coefficient (Wildman–Crippen LogP) is 20.8. The fraction of sp³-hybridized carbons (Fsp3) is 0.789. The first-order valence-corrected chi connectivity index (χ1v) is 44.6. The second-order valence-corrected chi connectivity index (χ2v) is 38.6. The lowest BCUT2D eigenvalue weighted by molar-refractivity contribution is -0.171. The fourth-order valence-electron chi connectivity index (χ4n) is 20.5. The Labute approximate surface area is 689 Å². The molecular weight excluding hydrogens is 1460 g/mol. The van der Waals surface area contributed by atoms with Crippen LogP contribution in [0.4, 0.5) is 0 Å². The lowest BCUT2D eigenvalue weighted by atomic mass is 9.74. The minimum absolute atomic E-state index is 0.00303. The van der Waals surface area contributed by atoms with Crippen LogP contribution in [0.25, 0.3) is 0 Å². The Hall–Kier alpha value is -6.60. The lowest BCUT2D eigenvalue weighted by Crippen LogP contribution is -2.44. The number of hydrogen-bond donors (Lipinski definition) is 0. The Balaban J connectivity index is 0.000000200. The molecule has 0 N–H and O–H groups in total. The van der Waals surface area contributed by atoms with Crippen molar-refractivity contribution >= 4 is 59.7 Å². The Kier molecular flexibility index (Phi) is 36.0. The minimum atomic E-state index is -0.458. The molecule has 2 unspecified atom stereocenters. The van der Waals surface area contributed by atoms with Crippen LogP contribution in [0.1, 0.15) is 366 Å². The van der Waals surface area contributed by atoms with Crippen LogP contribution in [0.3, 0.4) is 0 Å². The van der Waals surface area contributed by atoms with E-state index >= 15 is 0 Å². The average molecular weight is 1610 g/mol. The molecule has 115 heavy (non-hydrogen) atoms. The van der Waals surface area contributed by atoms with E-state index in [1.165, 1.54) is 19.9 Å². The van der Waals surface area contributed by atoms with Crippen LogP contribution in [-0.4, -0.2) is 118 Å². The molecule has 11 fully saturated rings. The van der Waals surface area contributed by atoms with Gasteiger partial charge in [-0.05, 0) is 375 Å². The zero-order valence-corrected chi connectivity index (χ0v) is 73.1. The first-order chi connectivity index (χ1) is 54.2. The van der Waals surface area contributed by atoms with Crippen LogP contribution in [0.5, 0.6) is 0 Å². The molecule has 0 radical (unpaired) electrons. The predicted molar refractivity (Wildman–Crippen MR) is 442 cm³/mol. The highest BCUT2D eigenvalue weighted by Gasteiger charge is 2.53. The van der Waals surface area contributed by atoms with E-state index in [2.05, 4.69) is 39.8 Å². The molecule has 0 aliphatic heterocycles.